The molecule has 2 N–H and O–H groups in total. The first kappa shape index (κ1) is 14.5. The van der Waals surface area contributed by atoms with Crippen LogP contribution in [0.25, 0.3) is 11.0 Å². The van der Waals surface area contributed by atoms with Gasteiger partial charge >= 0.3 is 0 Å². The molecule has 2 unspecified atom stereocenters. The Morgan fingerprint density at radius 3 is 2.67 bits per heavy atom. The minimum Gasteiger partial charge on any atom is -0.341 e. The van der Waals surface area contributed by atoms with Gasteiger partial charge in [-0.25, -0.2) is 4.98 Å². The van der Waals surface area contributed by atoms with Gasteiger partial charge in [0.25, 0.3) is 0 Å². The van der Waals surface area contributed by atoms with Crippen LogP contribution in [0.2, 0.25) is 0 Å². The van der Waals surface area contributed by atoms with Gasteiger partial charge in [0, 0.05) is 6.04 Å². The third kappa shape index (κ3) is 3.27. The fraction of sp³-hybridized carbons (Fsp3) is 0.588. The minimum absolute atomic E-state index is 0.257. The Morgan fingerprint density at radius 2 is 1.95 bits per heavy atom. The number of aromatic amines is 1. The SMILES string of the molecule is CC(NC(C)C1CCN(C)CC1)c1nc2ccccc2[nH]1. The molecule has 1 aliphatic heterocycles. The van der Waals surface area contributed by atoms with E-state index in [-0.39, 0.29) is 6.04 Å². The van der Waals surface area contributed by atoms with Crippen molar-refractivity contribution in [1.82, 2.24) is 20.2 Å². The molecule has 0 saturated carbocycles. The Balaban J connectivity index is 1.63. The number of hydrogen-bond donors (Lipinski definition) is 2. The zero-order valence-corrected chi connectivity index (χ0v) is 13.3. The highest BCUT2D eigenvalue weighted by atomic mass is 15.1. The van der Waals surface area contributed by atoms with Crippen molar-refractivity contribution < 1.29 is 0 Å². The molecular weight excluding hydrogens is 260 g/mol. The summed E-state index contributed by atoms with van der Waals surface area (Å²) in [6, 6.07) is 9.01. The van der Waals surface area contributed by atoms with E-state index >= 15 is 0 Å². The van der Waals surface area contributed by atoms with E-state index in [1.807, 2.05) is 12.1 Å². The quantitative estimate of drug-likeness (QED) is 0.908. The van der Waals surface area contributed by atoms with Gasteiger partial charge in [-0.3, -0.25) is 0 Å². The summed E-state index contributed by atoms with van der Waals surface area (Å²) in [5, 5.41) is 3.73. The third-order valence-corrected chi connectivity index (χ3v) is 4.80. The molecule has 21 heavy (non-hydrogen) atoms. The smallest absolute Gasteiger partial charge is 0.124 e. The summed E-state index contributed by atoms with van der Waals surface area (Å²) >= 11 is 0. The fourth-order valence-corrected chi connectivity index (χ4v) is 3.32. The molecule has 1 aliphatic rings. The van der Waals surface area contributed by atoms with Crippen LogP contribution in [0.5, 0.6) is 0 Å². The summed E-state index contributed by atoms with van der Waals surface area (Å²) in [6.45, 7) is 6.95. The Bertz CT molecular complexity index is 550. The van der Waals surface area contributed by atoms with E-state index in [4.69, 9.17) is 4.98 Å². The van der Waals surface area contributed by atoms with Crippen LogP contribution >= 0.6 is 0 Å². The van der Waals surface area contributed by atoms with E-state index in [0.717, 1.165) is 22.8 Å². The zero-order chi connectivity index (χ0) is 14.8. The number of benzene rings is 1. The van der Waals surface area contributed by atoms with Crippen LogP contribution in [0.15, 0.2) is 24.3 Å². The first-order chi connectivity index (χ1) is 10.1. The van der Waals surface area contributed by atoms with E-state index in [1.165, 1.54) is 25.9 Å². The summed E-state index contributed by atoms with van der Waals surface area (Å²) in [5.74, 6) is 1.81. The lowest BCUT2D eigenvalue weighted by atomic mass is 9.90. The number of rotatable bonds is 4. The van der Waals surface area contributed by atoms with Gasteiger partial charge in [-0.1, -0.05) is 12.1 Å². The molecule has 3 rings (SSSR count). The number of imidazole rings is 1. The zero-order valence-electron chi connectivity index (χ0n) is 13.3. The Kier molecular flexibility index (Phi) is 4.27. The van der Waals surface area contributed by atoms with E-state index in [9.17, 15) is 0 Å². The molecule has 2 atom stereocenters. The van der Waals surface area contributed by atoms with Gasteiger partial charge in [0.15, 0.2) is 0 Å². The maximum Gasteiger partial charge on any atom is 0.124 e. The number of H-pyrrole nitrogens is 1. The number of piperidine rings is 1. The van der Waals surface area contributed by atoms with Gasteiger partial charge in [-0.05, 0) is 64.9 Å². The van der Waals surface area contributed by atoms with Gasteiger partial charge in [0.1, 0.15) is 5.82 Å². The van der Waals surface area contributed by atoms with Gasteiger partial charge in [-0.15, -0.1) is 0 Å². The van der Waals surface area contributed by atoms with Crippen LogP contribution in [-0.4, -0.2) is 41.0 Å². The third-order valence-electron chi connectivity index (χ3n) is 4.80. The molecule has 4 heteroatoms. The standard InChI is InChI=1S/C17H26N4/c1-12(14-8-10-21(3)11-9-14)18-13(2)17-19-15-6-4-5-7-16(15)20-17/h4-7,12-14,18H,8-11H2,1-3H3,(H,19,20). The van der Waals surface area contributed by atoms with Crippen molar-refractivity contribution in [3.8, 4) is 0 Å². The highest BCUT2D eigenvalue weighted by molar-refractivity contribution is 5.74. The Hall–Kier alpha value is -1.39. The lowest BCUT2D eigenvalue weighted by Crippen LogP contribution is -2.41. The molecule has 0 aliphatic carbocycles. The molecule has 0 radical (unpaired) electrons. The van der Waals surface area contributed by atoms with Crippen molar-refractivity contribution in [2.75, 3.05) is 20.1 Å². The molecular formula is C17H26N4. The molecule has 114 valence electrons. The van der Waals surface area contributed by atoms with Crippen molar-refractivity contribution in [3.63, 3.8) is 0 Å². The molecule has 0 bridgehead atoms. The average Bonchev–Trinajstić information content (AvgIpc) is 2.92. The van der Waals surface area contributed by atoms with Crippen LogP contribution in [0.3, 0.4) is 0 Å². The van der Waals surface area contributed by atoms with Crippen LogP contribution in [0, 0.1) is 5.92 Å². The van der Waals surface area contributed by atoms with Gasteiger partial charge < -0.3 is 15.2 Å². The summed E-state index contributed by atoms with van der Waals surface area (Å²) in [5.41, 5.74) is 2.17. The maximum atomic E-state index is 4.70. The number of fused-ring (bicyclic) bond motifs is 1. The Morgan fingerprint density at radius 1 is 1.24 bits per heavy atom. The fourth-order valence-electron chi connectivity index (χ4n) is 3.32. The van der Waals surface area contributed by atoms with Crippen LogP contribution in [0.1, 0.15) is 38.6 Å². The van der Waals surface area contributed by atoms with Crippen LogP contribution < -0.4 is 5.32 Å². The topological polar surface area (TPSA) is 44.0 Å². The first-order valence-corrected chi connectivity index (χ1v) is 8.02. The van der Waals surface area contributed by atoms with E-state index in [2.05, 4.69) is 48.2 Å². The molecule has 1 aromatic heterocycles. The first-order valence-electron chi connectivity index (χ1n) is 8.02. The number of nitrogens with zero attached hydrogens (tertiary/aromatic N) is 2. The Labute approximate surface area is 126 Å². The average molecular weight is 286 g/mol. The number of para-hydroxylation sites is 2. The predicted molar refractivity (Wildman–Crippen MR) is 87.3 cm³/mol. The predicted octanol–water partition coefficient (Wildman–Crippen LogP) is 2.94. The van der Waals surface area contributed by atoms with Gasteiger partial charge in [0.05, 0.1) is 17.1 Å². The minimum atomic E-state index is 0.257. The molecule has 2 aromatic rings. The summed E-state index contributed by atoms with van der Waals surface area (Å²) in [4.78, 5) is 10.5. The molecule has 2 heterocycles. The van der Waals surface area contributed by atoms with Crippen molar-refractivity contribution in [3.05, 3.63) is 30.1 Å². The van der Waals surface area contributed by atoms with Crippen molar-refractivity contribution in [1.29, 1.82) is 0 Å². The van der Waals surface area contributed by atoms with Crippen LogP contribution in [-0.2, 0) is 0 Å². The normalized spacial score (nSPS) is 20.7. The lowest BCUT2D eigenvalue weighted by Gasteiger charge is -2.34. The number of nitrogens with one attached hydrogen (secondary N) is 2. The number of likely N-dealkylation sites (tertiary alicyclic amines) is 1. The summed E-state index contributed by atoms with van der Waals surface area (Å²) in [6.07, 6.45) is 2.58. The second-order valence-corrected chi connectivity index (χ2v) is 6.46. The largest absolute Gasteiger partial charge is 0.341 e. The highest BCUT2D eigenvalue weighted by Gasteiger charge is 2.24. The monoisotopic (exact) mass is 286 g/mol. The molecule has 0 amide bonds. The number of hydrogen-bond acceptors (Lipinski definition) is 3. The molecule has 0 spiro atoms. The second-order valence-electron chi connectivity index (χ2n) is 6.46. The number of aromatic nitrogens is 2. The van der Waals surface area contributed by atoms with Crippen molar-refractivity contribution in [2.24, 2.45) is 5.92 Å². The molecule has 1 aromatic carbocycles. The van der Waals surface area contributed by atoms with E-state index in [1.54, 1.807) is 0 Å². The lowest BCUT2D eigenvalue weighted by molar-refractivity contribution is 0.184. The molecule has 1 fully saturated rings. The van der Waals surface area contributed by atoms with Gasteiger partial charge in [0.2, 0.25) is 0 Å². The van der Waals surface area contributed by atoms with Crippen molar-refractivity contribution >= 4 is 11.0 Å². The van der Waals surface area contributed by atoms with E-state index in [0.29, 0.717) is 6.04 Å². The van der Waals surface area contributed by atoms with Gasteiger partial charge in [-0.2, -0.15) is 0 Å². The van der Waals surface area contributed by atoms with E-state index < -0.39 is 0 Å². The van der Waals surface area contributed by atoms with Crippen LogP contribution in [0.4, 0.5) is 0 Å². The van der Waals surface area contributed by atoms with Crippen molar-refractivity contribution in [2.45, 2.75) is 38.8 Å². The molecule has 1 saturated heterocycles. The summed E-state index contributed by atoms with van der Waals surface area (Å²) < 4.78 is 0. The molecule has 4 nitrogen and oxygen atoms in total. The highest BCUT2D eigenvalue weighted by Crippen LogP contribution is 2.22. The summed E-state index contributed by atoms with van der Waals surface area (Å²) in [7, 11) is 2.21. The second kappa shape index (κ2) is 6.16. The maximum absolute atomic E-state index is 4.70.